The van der Waals surface area contributed by atoms with Gasteiger partial charge in [0.15, 0.2) is 0 Å². The van der Waals surface area contributed by atoms with Crippen molar-refractivity contribution < 1.29 is 0 Å². The number of nitrogens with zero attached hydrogens (tertiary/aromatic N) is 2. The SMILES string of the molecule is Cc1nn(C)c(CC(NN)c2ccc(Br)cc2Cl)c1Br. The first-order valence-electron chi connectivity index (χ1n) is 6.03. The van der Waals surface area contributed by atoms with Gasteiger partial charge in [0.1, 0.15) is 0 Å². The van der Waals surface area contributed by atoms with Crippen LogP contribution in [0.4, 0.5) is 0 Å². The molecule has 7 heteroatoms. The van der Waals surface area contributed by atoms with Crippen molar-refractivity contribution in [1.82, 2.24) is 15.2 Å². The summed E-state index contributed by atoms with van der Waals surface area (Å²) in [6.45, 7) is 1.96. The maximum atomic E-state index is 6.29. The lowest BCUT2D eigenvalue weighted by Crippen LogP contribution is -2.30. The Balaban J connectivity index is 2.33. The van der Waals surface area contributed by atoms with Crippen molar-refractivity contribution in [2.45, 2.75) is 19.4 Å². The average molecular weight is 423 g/mol. The number of halogens is 3. The molecule has 1 unspecified atom stereocenters. The molecule has 1 aromatic heterocycles. The van der Waals surface area contributed by atoms with Gasteiger partial charge >= 0.3 is 0 Å². The lowest BCUT2D eigenvalue weighted by molar-refractivity contribution is 0.529. The van der Waals surface area contributed by atoms with Gasteiger partial charge in [-0.1, -0.05) is 33.6 Å². The fourth-order valence-electron chi connectivity index (χ4n) is 2.14. The van der Waals surface area contributed by atoms with Gasteiger partial charge in [-0.2, -0.15) is 5.10 Å². The van der Waals surface area contributed by atoms with Crippen LogP contribution in [0.5, 0.6) is 0 Å². The van der Waals surface area contributed by atoms with Crippen molar-refractivity contribution in [3.63, 3.8) is 0 Å². The van der Waals surface area contributed by atoms with E-state index in [1.807, 2.05) is 36.9 Å². The fourth-order valence-corrected chi connectivity index (χ4v) is 3.44. The van der Waals surface area contributed by atoms with Crippen molar-refractivity contribution in [1.29, 1.82) is 0 Å². The van der Waals surface area contributed by atoms with Gasteiger partial charge in [0, 0.05) is 23.0 Å². The second-order valence-electron chi connectivity index (χ2n) is 4.56. The fraction of sp³-hybridized carbons (Fsp3) is 0.308. The molecule has 4 nitrogen and oxygen atoms in total. The number of benzene rings is 1. The van der Waals surface area contributed by atoms with E-state index in [2.05, 4.69) is 42.4 Å². The van der Waals surface area contributed by atoms with Gasteiger partial charge in [-0.15, -0.1) is 0 Å². The first-order chi connectivity index (χ1) is 9.43. The predicted octanol–water partition coefficient (Wildman–Crippen LogP) is 3.65. The van der Waals surface area contributed by atoms with Crippen LogP contribution in [0.15, 0.2) is 27.1 Å². The Hall–Kier alpha value is -0.400. The number of nitrogens with two attached hydrogens (primary N) is 1. The van der Waals surface area contributed by atoms with E-state index < -0.39 is 0 Å². The summed E-state index contributed by atoms with van der Waals surface area (Å²) in [7, 11) is 1.92. The third kappa shape index (κ3) is 3.26. The highest BCUT2D eigenvalue weighted by molar-refractivity contribution is 9.10. The highest BCUT2D eigenvalue weighted by atomic mass is 79.9. The molecular formula is C13H15Br2ClN4. The minimum absolute atomic E-state index is 0.0818. The van der Waals surface area contributed by atoms with E-state index in [-0.39, 0.29) is 6.04 Å². The molecule has 0 aliphatic heterocycles. The standard InChI is InChI=1S/C13H15Br2ClN4/c1-7-13(15)12(20(2)19-7)6-11(18-17)9-4-3-8(14)5-10(9)16/h3-5,11,18H,6,17H2,1-2H3. The van der Waals surface area contributed by atoms with Crippen LogP contribution in [0.25, 0.3) is 0 Å². The Morgan fingerprint density at radius 2 is 2.15 bits per heavy atom. The molecule has 2 rings (SSSR count). The minimum atomic E-state index is -0.0818. The molecule has 20 heavy (non-hydrogen) atoms. The average Bonchev–Trinajstić information content (AvgIpc) is 2.62. The van der Waals surface area contributed by atoms with Gasteiger partial charge < -0.3 is 0 Å². The zero-order valence-electron chi connectivity index (χ0n) is 11.1. The maximum Gasteiger partial charge on any atom is 0.0738 e. The van der Waals surface area contributed by atoms with Crippen LogP contribution in [0, 0.1) is 6.92 Å². The van der Waals surface area contributed by atoms with E-state index in [9.17, 15) is 0 Å². The molecule has 0 saturated heterocycles. The summed E-state index contributed by atoms with van der Waals surface area (Å²) in [6, 6.07) is 5.70. The van der Waals surface area contributed by atoms with E-state index >= 15 is 0 Å². The van der Waals surface area contributed by atoms with Crippen LogP contribution < -0.4 is 11.3 Å². The number of rotatable bonds is 4. The summed E-state index contributed by atoms with van der Waals surface area (Å²) in [4.78, 5) is 0. The molecule has 0 fully saturated rings. The maximum absolute atomic E-state index is 6.29. The summed E-state index contributed by atoms with van der Waals surface area (Å²) in [5, 5.41) is 5.07. The lowest BCUT2D eigenvalue weighted by Gasteiger charge is -2.18. The molecule has 0 aliphatic rings. The van der Waals surface area contributed by atoms with Gasteiger partial charge in [-0.05, 0) is 40.5 Å². The third-order valence-electron chi connectivity index (χ3n) is 3.20. The Bertz CT molecular complexity index is 627. The molecule has 0 radical (unpaired) electrons. The van der Waals surface area contributed by atoms with Crippen LogP contribution in [0.1, 0.15) is 23.0 Å². The molecule has 0 amide bonds. The van der Waals surface area contributed by atoms with E-state index in [1.165, 1.54) is 0 Å². The van der Waals surface area contributed by atoms with Crippen molar-refractivity contribution in [2.75, 3.05) is 0 Å². The molecule has 108 valence electrons. The summed E-state index contributed by atoms with van der Waals surface area (Å²) < 4.78 is 3.81. The molecule has 1 heterocycles. The molecule has 0 bridgehead atoms. The van der Waals surface area contributed by atoms with Crippen LogP contribution in [0.2, 0.25) is 5.02 Å². The van der Waals surface area contributed by atoms with Gasteiger partial charge in [0.25, 0.3) is 0 Å². The topological polar surface area (TPSA) is 55.9 Å². The van der Waals surface area contributed by atoms with Crippen LogP contribution in [-0.4, -0.2) is 9.78 Å². The zero-order chi connectivity index (χ0) is 14.9. The number of hydrogen-bond acceptors (Lipinski definition) is 3. The zero-order valence-corrected chi connectivity index (χ0v) is 15.1. The minimum Gasteiger partial charge on any atom is -0.271 e. The normalized spacial score (nSPS) is 12.7. The molecule has 2 aromatic rings. The van der Waals surface area contributed by atoms with Crippen molar-refractivity contribution >= 4 is 43.5 Å². The summed E-state index contributed by atoms with van der Waals surface area (Å²) >= 11 is 13.3. The number of hydrogen-bond donors (Lipinski definition) is 2. The molecule has 0 saturated carbocycles. The number of aryl methyl sites for hydroxylation is 2. The quantitative estimate of drug-likeness (QED) is 0.584. The molecule has 1 aromatic carbocycles. The summed E-state index contributed by atoms with van der Waals surface area (Å²) in [6.07, 6.45) is 0.690. The van der Waals surface area contributed by atoms with Gasteiger partial charge in [0.2, 0.25) is 0 Å². The largest absolute Gasteiger partial charge is 0.271 e. The Morgan fingerprint density at radius 1 is 1.45 bits per heavy atom. The lowest BCUT2D eigenvalue weighted by atomic mass is 10.0. The van der Waals surface area contributed by atoms with Crippen molar-refractivity contribution in [3.8, 4) is 0 Å². The monoisotopic (exact) mass is 420 g/mol. The highest BCUT2D eigenvalue weighted by Crippen LogP contribution is 2.30. The van der Waals surface area contributed by atoms with E-state index in [0.29, 0.717) is 11.4 Å². The van der Waals surface area contributed by atoms with Crippen LogP contribution in [-0.2, 0) is 13.5 Å². The summed E-state index contributed by atoms with van der Waals surface area (Å²) in [5.41, 5.74) is 5.82. The van der Waals surface area contributed by atoms with E-state index in [0.717, 1.165) is 25.9 Å². The van der Waals surface area contributed by atoms with E-state index in [4.69, 9.17) is 17.4 Å². The smallest absolute Gasteiger partial charge is 0.0738 e. The second-order valence-corrected chi connectivity index (χ2v) is 6.67. The Kier molecular flexibility index (Phi) is 5.25. The van der Waals surface area contributed by atoms with Crippen molar-refractivity contribution in [3.05, 3.63) is 49.1 Å². The second kappa shape index (κ2) is 6.58. The first-order valence-corrected chi connectivity index (χ1v) is 7.99. The number of nitrogens with one attached hydrogen (secondary N) is 1. The molecule has 1 atom stereocenters. The van der Waals surface area contributed by atoms with Crippen LogP contribution in [0.3, 0.4) is 0 Å². The van der Waals surface area contributed by atoms with Gasteiger partial charge in [-0.25, -0.2) is 0 Å². The Labute approximate surface area is 139 Å². The highest BCUT2D eigenvalue weighted by Gasteiger charge is 2.19. The van der Waals surface area contributed by atoms with Crippen molar-refractivity contribution in [2.24, 2.45) is 12.9 Å². The van der Waals surface area contributed by atoms with Gasteiger partial charge in [0.05, 0.1) is 21.9 Å². The number of hydrazine groups is 1. The molecular weight excluding hydrogens is 407 g/mol. The first kappa shape index (κ1) is 16.0. The Morgan fingerprint density at radius 3 is 2.65 bits per heavy atom. The molecule has 0 aliphatic carbocycles. The van der Waals surface area contributed by atoms with Crippen LogP contribution >= 0.6 is 43.5 Å². The predicted molar refractivity (Wildman–Crippen MR) is 88.6 cm³/mol. The molecule has 3 N–H and O–H groups in total. The van der Waals surface area contributed by atoms with Gasteiger partial charge in [-0.3, -0.25) is 16.0 Å². The third-order valence-corrected chi connectivity index (χ3v) is 5.05. The van der Waals surface area contributed by atoms with E-state index in [1.54, 1.807) is 0 Å². The number of aromatic nitrogens is 2. The molecule has 0 spiro atoms. The summed E-state index contributed by atoms with van der Waals surface area (Å²) in [5.74, 6) is 5.70.